The third-order valence-electron chi connectivity index (χ3n) is 2.63. The van der Waals surface area contributed by atoms with Crippen molar-refractivity contribution in [3.8, 4) is 5.75 Å². The summed E-state index contributed by atoms with van der Waals surface area (Å²) < 4.78 is 0. The average Bonchev–Trinajstić information content (AvgIpc) is 2.26. The van der Waals surface area contributed by atoms with E-state index >= 15 is 0 Å². The molecular formula is C10H12N2O5. The van der Waals surface area contributed by atoms with Crippen molar-refractivity contribution >= 4 is 11.4 Å². The van der Waals surface area contributed by atoms with Crippen LogP contribution in [0, 0.1) is 20.2 Å². The van der Waals surface area contributed by atoms with Crippen LogP contribution >= 0.6 is 0 Å². The molecule has 7 nitrogen and oxygen atoms in total. The molecule has 0 fully saturated rings. The van der Waals surface area contributed by atoms with Gasteiger partial charge in [0.1, 0.15) is 5.75 Å². The Labute approximate surface area is 97.0 Å². The van der Waals surface area contributed by atoms with E-state index in [2.05, 4.69) is 0 Å². The van der Waals surface area contributed by atoms with Crippen LogP contribution in [0.25, 0.3) is 0 Å². The zero-order chi connectivity index (χ0) is 13.2. The summed E-state index contributed by atoms with van der Waals surface area (Å²) >= 11 is 0. The van der Waals surface area contributed by atoms with E-state index in [1.807, 2.05) is 6.92 Å². The first kappa shape index (κ1) is 12.9. The van der Waals surface area contributed by atoms with Gasteiger partial charge in [0.05, 0.1) is 27.5 Å². The molecule has 0 amide bonds. The maximum Gasteiger partial charge on any atom is 0.283 e. The van der Waals surface area contributed by atoms with Crippen molar-refractivity contribution in [1.29, 1.82) is 0 Å². The highest BCUT2D eigenvalue weighted by Gasteiger charge is 2.26. The van der Waals surface area contributed by atoms with E-state index in [1.54, 1.807) is 6.92 Å². The van der Waals surface area contributed by atoms with Gasteiger partial charge < -0.3 is 5.11 Å². The van der Waals surface area contributed by atoms with Crippen molar-refractivity contribution < 1.29 is 15.0 Å². The van der Waals surface area contributed by atoms with Crippen LogP contribution in [0.3, 0.4) is 0 Å². The van der Waals surface area contributed by atoms with Crippen LogP contribution in [-0.2, 0) is 0 Å². The van der Waals surface area contributed by atoms with Crippen LogP contribution < -0.4 is 0 Å². The normalized spacial score (nSPS) is 12.1. The fourth-order valence-corrected chi connectivity index (χ4v) is 1.57. The molecule has 0 radical (unpaired) electrons. The minimum Gasteiger partial charge on any atom is -0.507 e. The summed E-state index contributed by atoms with van der Waals surface area (Å²) in [5.74, 6) is -0.642. The van der Waals surface area contributed by atoms with E-state index in [4.69, 9.17) is 0 Å². The number of nitro benzene ring substituents is 2. The number of nitro groups is 2. The minimum absolute atomic E-state index is 0.142. The summed E-state index contributed by atoms with van der Waals surface area (Å²) in [6.07, 6.45) is 0.589. The van der Waals surface area contributed by atoms with Crippen molar-refractivity contribution in [2.75, 3.05) is 0 Å². The number of hydrogen-bond donors (Lipinski definition) is 1. The zero-order valence-electron chi connectivity index (χ0n) is 9.41. The second-order valence-corrected chi connectivity index (χ2v) is 3.72. The third-order valence-corrected chi connectivity index (χ3v) is 2.63. The molecule has 0 aromatic heterocycles. The summed E-state index contributed by atoms with van der Waals surface area (Å²) in [4.78, 5) is 19.9. The average molecular weight is 240 g/mol. The van der Waals surface area contributed by atoms with Crippen molar-refractivity contribution in [3.63, 3.8) is 0 Å². The molecular weight excluding hydrogens is 228 g/mol. The SMILES string of the molecule is CCC(C)c1c(O)cc([N+](=O)[O-])cc1[N+](=O)[O-]. The number of phenolic OH excluding ortho intramolecular Hbond substituents is 1. The first-order valence-corrected chi connectivity index (χ1v) is 5.04. The molecule has 1 rings (SSSR count). The Morgan fingerprint density at radius 1 is 1.29 bits per heavy atom. The summed E-state index contributed by atoms with van der Waals surface area (Å²) in [6, 6.07) is 1.82. The molecule has 1 aromatic rings. The number of benzene rings is 1. The maximum atomic E-state index is 10.8. The predicted octanol–water partition coefficient (Wildman–Crippen LogP) is 2.72. The molecule has 1 aromatic carbocycles. The van der Waals surface area contributed by atoms with Gasteiger partial charge in [-0.1, -0.05) is 13.8 Å². The van der Waals surface area contributed by atoms with Gasteiger partial charge in [0.2, 0.25) is 0 Å². The van der Waals surface area contributed by atoms with Crippen LogP contribution in [0.1, 0.15) is 31.7 Å². The van der Waals surface area contributed by atoms with Gasteiger partial charge in [0.15, 0.2) is 0 Å². The molecule has 7 heteroatoms. The van der Waals surface area contributed by atoms with Gasteiger partial charge >= 0.3 is 0 Å². The molecule has 0 aliphatic carbocycles. The van der Waals surface area contributed by atoms with Gasteiger partial charge in [-0.25, -0.2) is 0 Å². The van der Waals surface area contributed by atoms with Gasteiger partial charge in [-0.2, -0.15) is 0 Å². The van der Waals surface area contributed by atoms with Crippen molar-refractivity contribution in [3.05, 3.63) is 37.9 Å². The predicted molar refractivity (Wildman–Crippen MR) is 60.1 cm³/mol. The quantitative estimate of drug-likeness (QED) is 0.643. The van der Waals surface area contributed by atoms with Gasteiger partial charge in [-0.05, 0) is 12.3 Å². The first-order chi connectivity index (χ1) is 7.88. The summed E-state index contributed by atoms with van der Waals surface area (Å²) in [5.41, 5.74) is -0.754. The number of hydrogen-bond acceptors (Lipinski definition) is 5. The molecule has 1 atom stereocenters. The third kappa shape index (κ3) is 2.49. The Bertz CT molecular complexity index is 472. The van der Waals surface area contributed by atoms with Gasteiger partial charge in [0, 0.05) is 0 Å². The fourth-order valence-electron chi connectivity index (χ4n) is 1.57. The minimum atomic E-state index is -0.771. The molecule has 92 valence electrons. The lowest BCUT2D eigenvalue weighted by Gasteiger charge is -2.11. The van der Waals surface area contributed by atoms with Crippen molar-refractivity contribution in [1.82, 2.24) is 0 Å². The number of phenols is 1. The van der Waals surface area contributed by atoms with E-state index < -0.39 is 27.0 Å². The Morgan fingerprint density at radius 2 is 1.88 bits per heavy atom. The van der Waals surface area contributed by atoms with E-state index in [-0.39, 0.29) is 11.5 Å². The second-order valence-electron chi connectivity index (χ2n) is 3.72. The molecule has 0 aliphatic heterocycles. The maximum absolute atomic E-state index is 10.8. The number of aromatic hydroxyl groups is 1. The lowest BCUT2D eigenvalue weighted by atomic mass is 9.95. The standard InChI is InChI=1S/C10H12N2O5/c1-3-6(2)10-8(12(16)17)4-7(11(14)15)5-9(10)13/h4-6,13H,3H2,1-2H3. The highest BCUT2D eigenvalue weighted by molar-refractivity contribution is 5.58. The molecule has 1 N–H and O–H groups in total. The Hall–Kier alpha value is -2.18. The molecule has 0 aliphatic rings. The van der Waals surface area contributed by atoms with Crippen LogP contribution in [0.4, 0.5) is 11.4 Å². The second kappa shape index (κ2) is 4.77. The topological polar surface area (TPSA) is 107 Å². The largest absolute Gasteiger partial charge is 0.507 e. The van der Waals surface area contributed by atoms with E-state index in [9.17, 15) is 25.3 Å². The molecule has 0 spiro atoms. The molecule has 0 saturated carbocycles. The smallest absolute Gasteiger partial charge is 0.283 e. The van der Waals surface area contributed by atoms with Crippen molar-refractivity contribution in [2.45, 2.75) is 26.2 Å². The zero-order valence-corrected chi connectivity index (χ0v) is 9.41. The van der Waals surface area contributed by atoms with Crippen molar-refractivity contribution in [2.24, 2.45) is 0 Å². The molecule has 0 heterocycles. The number of rotatable bonds is 4. The lowest BCUT2D eigenvalue weighted by molar-refractivity contribution is -0.394. The van der Waals surface area contributed by atoms with E-state index in [1.165, 1.54) is 0 Å². The summed E-state index contributed by atoms with van der Waals surface area (Å²) in [5, 5.41) is 31.1. The highest BCUT2D eigenvalue weighted by atomic mass is 16.6. The van der Waals surface area contributed by atoms with Gasteiger partial charge in [0.25, 0.3) is 11.4 Å². The number of nitrogens with zero attached hydrogens (tertiary/aromatic N) is 2. The van der Waals surface area contributed by atoms with Crippen LogP contribution in [-0.4, -0.2) is 15.0 Å². The first-order valence-electron chi connectivity index (χ1n) is 5.04. The van der Waals surface area contributed by atoms with E-state index in [0.717, 1.165) is 12.1 Å². The molecule has 0 saturated heterocycles. The monoisotopic (exact) mass is 240 g/mol. The molecule has 17 heavy (non-hydrogen) atoms. The van der Waals surface area contributed by atoms with Crippen LogP contribution in [0.15, 0.2) is 12.1 Å². The van der Waals surface area contributed by atoms with E-state index in [0.29, 0.717) is 6.42 Å². The fraction of sp³-hybridized carbons (Fsp3) is 0.400. The summed E-state index contributed by atoms with van der Waals surface area (Å²) in [7, 11) is 0. The van der Waals surface area contributed by atoms with Gasteiger partial charge in [-0.15, -0.1) is 0 Å². The number of non-ortho nitro benzene ring substituents is 1. The Kier molecular flexibility index (Phi) is 3.62. The molecule has 0 bridgehead atoms. The van der Waals surface area contributed by atoms with Gasteiger partial charge in [-0.3, -0.25) is 20.2 Å². The lowest BCUT2D eigenvalue weighted by Crippen LogP contribution is -2.01. The Balaban J connectivity index is 3.49. The summed E-state index contributed by atoms with van der Waals surface area (Å²) in [6.45, 7) is 3.53. The molecule has 1 unspecified atom stereocenters. The highest BCUT2D eigenvalue weighted by Crippen LogP contribution is 2.39. The van der Waals surface area contributed by atoms with Crippen LogP contribution in [0.5, 0.6) is 5.75 Å². The van der Waals surface area contributed by atoms with Crippen LogP contribution in [0.2, 0.25) is 0 Å². The Morgan fingerprint density at radius 3 is 2.29 bits per heavy atom.